The SMILES string of the molecule is O=C(O[C@@H]1O[C@H](CO)[C@@H](O)[C@@]1(O)F)c1ccccc1. The third-order valence-electron chi connectivity index (χ3n) is 2.80. The summed E-state index contributed by atoms with van der Waals surface area (Å²) in [6, 6.07) is 7.72. The number of aliphatic hydroxyl groups excluding tert-OH is 2. The molecule has 6 nitrogen and oxygen atoms in total. The van der Waals surface area contributed by atoms with Gasteiger partial charge in [0.2, 0.25) is 0 Å². The molecule has 0 spiro atoms. The third-order valence-corrected chi connectivity index (χ3v) is 2.80. The Kier molecular flexibility index (Phi) is 3.81. The maximum absolute atomic E-state index is 13.8. The monoisotopic (exact) mass is 272 g/mol. The summed E-state index contributed by atoms with van der Waals surface area (Å²) >= 11 is 0. The Labute approximate surface area is 108 Å². The van der Waals surface area contributed by atoms with E-state index in [1.165, 1.54) is 12.1 Å². The van der Waals surface area contributed by atoms with Gasteiger partial charge in [0.15, 0.2) is 0 Å². The summed E-state index contributed by atoms with van der Waals surface area (Å²) in [5.74, 6) is -4.18. The first-order valence-corrected chi connectivity index (χ1v) is 5.58. The molecule has 3 N–H and O–H groups in total. The van der Waals surface area contributed by atoms with Crippen LogP contribution in [0, 0.1) is 0 Å². The molecule has 0 bridgehead atoms. The van der Waals surface area contributed by atoms with Crippen LogP contribution in [0.15, 0.2) is 30.3 Å². The molecule has 7 heteroatoms. The zero-order valence-electron chi connectivity index (χ0n) is 9.77. The van der Waals surface area contributed by atoms with Crippen LogP contribution in [0.25, 0.3) is 0 Å². The fraction of sp³-hybridized carbons (Fsp3) is 0.417. The first kappa shape index (κ1) is 13.9. The van der Waals surface area contributed by atoms with Crippen LogP contribution < -0.4 is 0 Å². The Bertz CT molecular complexity index is 449. The molecule has 1 aromatic carbocycles. The van der Waals surface area contributed by atoms with E-state index in [4.69, 9.17) is 9.84 Å². The van der Waals surface area contributed by atoms with E-state index in [0.29, 0.717) is 0 Å². The first-order valence-electron chi connectivity index (χ1n) is 5.58. The van der Waals surface area contributed by atoms with E-state index >= 15 is 0 Å². The lowest BCUT2D eigenvalue weighted by atomic mass is 10.1. The van der Waals surface area contributed by atoms with Crippen molar-refractivity contribution >= 4 is 5.97 Å². The average molecular weight is 272 g/mol. The Hall–Kier alpha value is -1.54. The minimum Gasteiger partial charge on any atom is -0.426 e. The van der Waals surface area contributed by atoms with E-state index in [2.05, 4.69) is 4.74 Å². The number of hydrogen-bond acceptors (Lipinski definition) is 6. The van der Waals surface area contributed by atoms with Gasteiger partial charge >= 0.3 is 5.97 Å². The molecule has 1 heterocycles. The average Bonchev–Trinajstić information content (AvgIpc) is 2.63. The maximum Gasteiger partial charge on any atom is 0.340 e. The number of alkyl halides is 1. The van der Waals surface area contributed by atoms with Crippen molar-refractivity contribution in [2.24, 2.45) is 0 Å². The predicted octanol–water partition coefficient (Wildman–Crippen LogP) is -0.420. The highest BCUT2D eigenvalue weighted by atomic mass is 19.2. The second-order valence-corrected chi connectivity index (χ2v) is 4.13. The minimum absolute atomic E-state index is 0.142. The van der Waals surface area contributed by atoms with E-state index < -0.39 is 36.9 Å². The molecule has 0 aliphatic carbocycles. The van der Waals surface area contributed by atoms with E-state index in [0.717, 1.165) is 0 Å². The van der Waals surface area contributed by atoms with Crippen molar-refractivity contribution < 1.29 is 34.0 Å². The van der Waals surface area contributed by atoms with Crippen LogP contribution in [0.2, 0.25) is 0 Å². The van der Waals surface area contributed by atoms with Gasteiger partial charge in [-0.05, 0) is 12.1 Å². The van der Waals surface area contributed by atoms with Gasteiger partial charge in [0.05, 0.1) is 12.2 Å². The Morgan fingerprint density at radius 2 is 2.05 bits per heavy atom. The molecule has 0 aromatic heterocycles. The van der Waals surface area contributed by atoms with Crippen LogP contribution in [0.4, 0.5) is 4.39 Å². The molecule has 4 atom stereocenters. The summed E-state index contributed by atoms with van der Waals surface area (Å²) in [4.78, 5) is 11.7. The Balaban J connectivity index is 2.09. The number of rotatable bonds is 3. The molecule has 19 heavy (non-hydrogen) atoms. The van der Waals surface area contributed by atoms with Gasteiger partial charge in [-0.2, -0.15) is 0 Å². The van der Waals surface area contributed by atoms with Gasteiger partial charge in [-0.25, -0.2) is 9.18 Å². The van der Waals surface area contributed by atoms with Gasteiger partial charge in [-0.15, -0.1) is 0 Å². The molecule has 1 aromatic rings. The van der Waals surface area contributed by atoms with Crippen LogP contribution in [0.5, 0.6) is 0 Å². The summed E-state index contributed by atoms with van der Waals surface area (Å²) in [5.41, 5.74) is 0.142. The molecule has 0 radical (unpaired) electrons. The summed E-state index contributed by atoms with van der Waals surface area (Å²) in [5, 5.41) is 27.6. The summed E-state index contributed by atoms with van der Waals surface area (Å²) in [7, 11) is 0. The van der Waals surface area contributed by atoms with Crippen molar-refractivity contribution in [3.8, 4) is 0 Å². The number of benzene rings is 1. The number of hydrogen-bond donors (Lipinski definition) is 3. The highest BCUT2D eigenvalue weighted by molar-refractivity contribution is 5.89. The van der Waals surface area contributed by atoms with Crippen molar-refractivity contribution in [2.75, 3.05) is 6.61 Å². The van der Waals surface area contributed by atoms with Crippen molar-refractivity contribution in [2.45, 2.75) is 24.4 Å². The Morgan fingerprint density at radius 1 is 1.42 bits per heavy atom. The normalized spacial score (nSPS) is 34.2. The van der Waals surface area contributed by atoms with E-state index in [1.54, 1.807) is 18.2 Å². The highest BCUT2D eigenvalue weighted by Gasteiger charge is 2.58. The number of aliphatic hydroxyl groups is 3. The largest absolute Gasteiger partial charge is 0.426 e. The fourth-order valence-corrected chi connectivity index (χ4v) is 1.72. The van der Waals surface area contributed by atoms with E-state index in [-0.39, 0.29) is 5.56 Å². The van der Waals surface area contributed by atoms with Gasteiger partial charge in [-0.1, -0.05) is 18.2 Å². The minimum atomic E-state index is -3.27. The molecule has 0 amide bonds. The summed E-state index contributed by atoms with van der Waals surface area (Å²) in [6.07, 6.45) is -5.35. The lowest BCUT2D eigenvalue weighted by Crippen LogP contribution is -2.46. The van der Waals surface area contributed by atoms with Crippen molar-refractivity contribution in [3.63, 3.8) is 0 Å². The van der Waals surface area contributed by atoms with Gasteiger partial charge in [0.1, 0.15) is 12.2 Å². The number of carbonyl (C=O) groups is 1. The smallest absolute Gasteiger partial charge is 0.340 e. The van der Waals surface area contributed by atoms with Gasteiger partial charge in [0.25, 0.3) is 12.1 Å². The third kappa shape index (κ3) is 2.59. The van der Waals surface area contributed by atoms with Crippen LogP contribution in [0.1, 0.15) is 10.4 Å². The second kappa shape index (κ2) is 5.22. The van der Waals surface area contributed by atoms with E-state index in [9.17, 15) is 19.4 Å². The summed E-state index contributed by atoms with van der Waals surface area (Å²) in [6.45, 7) is -0.715. The van der Waals surface area contributed by atoms with Crippen LogP contribution >= 0.6 is 0 Å². The fourth-order valence-electron chi connectivity index (χ4n) is 1.72. The second-order valence-electron chi connectivity index (χ2n) is 4.13. The molecule has 104 valence electrons. The molecule has 2 rings (SSSR count). The van der Waals surface area contributed by atoms with Crippen molar-refractivity contribution in [3.05, 3.63) is 35.9 Å². The zero-order chi connectivity index (χ0) is 14.0. The lowest BCUT2D eigenvalue weighted by molar-refractivity contribution is -0.239. The quantitative estimate of drug-likeness (QED) is 0.647. The van der Waals surface area contributed by atoms with Gasteiger partial charge in [0, 0.05) is 0 Å². The molecular weight excluding hydrogens is 259 g/mol. The van der Waals surface area contributed by atoms with Crippen LogP contribution in [0.3, 0.4) is 0 Å². The Morgan fingerprint density at radius 3 is 2.58 bits per heavy atom. The summed E-state index contributed by atoms with van der Waals surface area (Å²) < 4.78 is 23.2. The number of carbonyl (C=O) groups excluding carboxylic acids is 1. The number of ether oxygens (including phenoxy) is 2. The predicted molar refractivity (Wildman–Crippen MR) is 59.7 cm³/mol. The van der Waals surface area contributed by atoms with Crippen molar-refractivity contribution in [1.29, 1.82) is 0 Å². The molecule has 1 fully saturated rings. The molecule has 1 aliphatic rings. The topological polar surface area (TPSA) is 96.2 Å². The molecule has 1 saturated heterocycles. The lowest BCUT2D eigenvalue weighted by Gasteiger charge is -2.21. The zero-order valence-corrected chi connectivity index (χ0v) is 9.77. The maximum atomic E-state index is 13.8. The molecule has 0 unspecified atom stereocenters. The standard InChI is InChI=1S/C12H13FO6/c13-12(17)9(15)8(6-14)18-11(12)19-10(16)7-4-2-1-3-5-7/h1-5,8-9,11,14-15,17H,6H2/t8-,9-,11+,12+/m1/s1. The van der Waals surface area contributed by atoms with E-state index in [1.807, 2.05) is 0 Å². The number of esters is 1. The molecular formula is C12H13FO6. The van der Waals surface area contributed by atoms with Crippen LogP contribution in [-0.4, -0.2) is 52.2 Å². The van der Waals surface area contributed by atoms with Crippen molar-refractivity contribution in [1.82, 2.24) is 0 Å². The van der Waals surface area contributed by atoms with Crippen LogP contribution in [-0.2, 0) is 9.47 Å². The first-order chi connectivity index (χ1) is 8.96. The highest BCUT2D eigenvalue weighted by Crippen LogP contribution is 2.33. The van der Waals surface area contributed by atoms with Gasteiger partial charge < -0.3 is 24.8 Å². The molecule has 1 aliphatic heterocycles. The van der Waals surface area contributed by atoms with Gasteiger partial charge in [-0.3, -0.25) is 0 Å². The molecule has 0 saturated carbocycles. The number of halogens is 1.